The molecule has 0 aromatic heterocycles. The van der Waals surface area contributed by atoms with E-state index in [0.29, 0.717) is 0 Å². The number of unbranched alkanes of at least 4 members (excludes halogenated alkanes) is 1. The molecule has 1 N–H and O–H groups in total. The van der Waals surface area contributed by atoms with Crippen molar-refractivity contribution in [2.24, 2.45) is 0 Å². The Morgan fingerprint density at radius 3 is 2.46 bits per heavy atom. The maximum Gasteiger partial charge on any atom is 0.225 e. The van der Waals surface area contributed by atoms with E-state index in [-0.39, 0.29) is 12.3 Å². The summed E-state index contributed by atoms with van der Waals surface area (Å²) in [5, 5.41) is 2.78. The summed E-state index contributed by atoms with van der Waals surface area (Å²) in [6.45, 7) is 2.81. The molecule has 78 valence electrons. The molecular formula is C9H19NO3. The van der Waals surface area contributed by atoms with Crippen LogP contribution in [0.1, 0.15) is 26.2 Å². The molecule has 0 aliphatic heterocycles. The van der Waals surface area contributed by atoms with Gasteiger partial charge in [-0.3, -0.25) is 4.79 Å². The van der Waals surface area contributed by atoms with Gasteiger partial charge in [-0.15, -0.1) is 0 Å². The first kappa shape index (κ1) is 12.4. The van der Waals surface area contributed by atoms with Crippen molar-refractivity contribution in [1.82, 2.24) is 5.32 Å². The lowest BCUT2D eigenvalue weighted by molar-refractivity contribution is -0.139. The van der Waals surface area contributed by atoms with Crippen LogP contribution in [0.2, 0.25) is 0 Å². The van der Waals surface area contributed by atoms with Crippen LogP contribution < -0.4 is 5.32 Å². The van der Waals surface area contributed by atoms with Crippen LogP contribution in [0, 0.1) is 0 Å². The number of ether oxygens (including phenoxy) is 2. The average molecular weight is 189 g/mol. The third-order valence-electron chi connectivity index (χ3n) is 1.73. The Bertz CT molecular complexity index is 135. The Kier molecular flexibility index (Phi) is 7.63. The summed E-state index contributed by atoms with van der Waals surface area (Å²) in [7, 11) is 3.04. The van der Waals surface area contributed by atoms with Gasteiger partial charge in [0.2, 0.25) is 5.91 Å². The summed E-state index contributed by atoms with van der Waals surface area (Å²) >= 11 is 0. The second kappa shape index (κ2) is 8.01. The summed E-state index contributed by atoms with van der Waals surface area (Å²) in [4.78, 5) is 11.2. The molecule has 0 aliphatic rings. The highest BCUT2D eigenvalue weighted by Crippen LogP contribution is 1.97. The highest BCUT2D eigenvalue weighted by Gasteiger charge is 2.10. The Morgan fingerprint density at radius 1 is 1.38 bits per heavy atom. The van der Waals surface area contributed by atoms with Crippen LogP contribution in [0.3, 0.4) is 0 Å². The summed E-state index contributed by atoms with van der Waals surface area (Å²) in [5.74, 6) is -0.0258. The van der Waals surface area contributed by atoms with Crippen LogP contribution in [0.4, 0.5) is 0 Å². The molecule has 0 saturated carbocycles. The average Bonchev–Trinajstić information content (AvgIpc) is 2.14. The van der Waals surface area contributed by atoms with Gasteiger partial charge in [0.25, 0.3) is 0 Å². The molecule has 1 amide bonds. The van der Waals surface area contributed by atoms with Gasteiger partial charge in [0, 0.05) is 20.8 Å². The minimum Gasteiger partial charge on any atom is -0.356 e. The van der Waals surface area contributed by atoms with Crippen LogP contribution in [0.5, 0.6) is 0 Å². The molecule has 0 spiro atoms. The monoisotopic (exact) mass is 189 g/mol. The molecular weight excluding hydrogens is 170 g/mol. The first-order chi connectivity index (χ1) is 6.24. The number of carbonyl (C=O) groups is 1. The summed E-state index contributed by atoms with van der Waals surface area (Å²) < 4.78 is 9.79. The molecule has 0 rings (SSSR count). The van der Waals surface area contributed by atoms with Crippen molar-refractivity contribution >= 4 is 5.91 Å². The van der Waals surface area contributed by atoms with Gasteiger partial charge >= 0.3 is 0 Å². The van der Waals surface area contributed by atoms with E-state index in [0.717, 1.165) is 19.4 Å². The number of amides is 1. The first-order valence-electron chi connectivity index (χ1n) is 4.56. The van der Waals surface area contributed by atoms with Crippen molar-refractivity contribution < 1.29 is 14.3 Å². The Hall–Kier alpha value is -0.610. The number of hydrogen-bond donors (Lipinski definition) is 1. The van der Waals surface area contributed by atoms with Gasteiger partial charge in [-0.2, -0.15) is 0 Å². The summed E-state index contributed by atoms with van der Waals surface area (Å²) in [6, 6.07) is 0. The number of nitrogens with one attached hydrogen (secondary N) is 1. The lowest BCUT2D eigenvalue weighted by atomic mass is 10.3. The van der Waals surface area contributed by atoms with Gasteiger partial charge in [0.1, 0.15) is 0 Å². The summed E-state index contributed by atoms with van der Waals surface area (Å²) in [6.07, 6.45) is 1.92. The van der Waals surface area contributed by atoms with Gasteiger partial charge in [-0.05, 0) is 6.42 Å². The third kappa shape index (κ3) is 6.54. The largest absolute Gasteiger partial charge is 0.356 e. The van der Waals surface area contributed by atoms with E-state index in [4.69, 9.17) is 9.47 Å². The quantitative estimate of drug-likeness (QED) is 0.478. The van der Waals surface area contributed by atoms with Crippen molar-refractivity contribution in [2.75, 3.05) is 20.8 Å². The van der Waals surface area contributed by atoms with Gasteiger partial charge < -0.3 is 14.8 Å². The van der Waals surface area contributed by atoms with Crippen LogP contribution >= 0.6 is 0 Å². The third-order valence-corrected chi connectivity index (χ3v) is 1.73. The van der Waals surface area contributed by atoms with Gasteiger partial charge in [-0.1, -0.05) is 13.3 Å². The zero-order chi connectivity index (χ0) is 10.1. The van der Waals surface area contributed by atoms with Crippen LogP contribution in [-0.2, 0) is 14.3 Å². The molecule has 0 fully saturated rings. The van der Waals surface area contributed by atoms with E-state index in [1.165, 1.54) is 14.2 Å². The molecule has 0 saturated heterocycles. The highest BCUT2D eigenvalue weighted by atomic mass is 16.7. The topological polar surface area (TPSA) is 47.6 Å². The zero-order valence-electron chi connectivity index (χ0n) is 8.63. The second-order valence-corrected chi connectivity index (χ2v) is 2.81. The Labute approximate surface area is 79.6 Å². The van der Waals surface area contributed by atoms with E-state index in [2.05, 4.69) is 12.2 Å². The van der Waals surface area contributed by atoms with Crippen molar-refractivity contribution in [3.05, 3.63) is 0 Å². The minimum atomic E-state index is -0.429. The van der Waals surface area contributed by atoms with E-state index >= 15 is 0 Å². The van der Waals surface area contributed by atoms with Crippen molar-refractivity contribution in [3.63, 3.8) is 0 Å². The SMILES string of the molecule is CCCCNC(=O)CC(OC)OC. The Morgan fingerprint density at radius 2 is 2.00 bits per heavy atom. The number of carbonyl (C=O) groups excluding carboxylic acids is 1. The van der Waals surface area contributed by atoms with E-state index < -0.39 is 6.29 Å². The fourth-order valence-corrected chi connectivity index (χ4v) is 0.891. The summed E-state index contributed by atoms with van der Waals surface area (Å²) in [5.41, 5.74) is 0. The van der Waals surface area contributed by atoms with Crippen molar-refractivity contribution in [2.45, 2.75) is 32.5 Å². The fraction of sp³-hybridized carbons (Fsp3) is 0.889. The molecule has 0 atom stereocenters. The zero-order valence-corrected chi connectivity index (χ0v) is 8.63. The highest BCUT2D eigenvalue weighted by molar-refractivity contribution is 5.76. The molecule has 0 bridgehead atoms. The molecule has 13 heavy (non-hydrogen) atoms. The Balaban J connectivity index is 3.48. The normalized spacial score (nSPS) is 10.5. The second-order valence-electron chi connectivity index (χ2n) is 2.81. The first-order valence-corrected chi connectivity index (χ1v) is 4.56. The lowest BCUT2D eigenvalue weighted by Gasteiger charge is -2.12. The molecule has 0 aromatic carbocycles. The molecule has 0 radical (unpaired) electrons. The number of rotatable bonds is 7. The smallest absolute Gasteiger partial charge is 0.225 e. The predicted molar refractivity (Wildman–Crippen MR) is 50.3 cm³/mol. The van der Waals surface area contributed by atoms with Crippen LogP contribution in [0.25, 0.3) is 0 Å². The lowest BCUT2D eigenvalue weighted by Crippen LogP contribution is -2.29. The molecule has 0 aliphatic carbocycles. The van der Waals surface area contributed by atoms with Crippen molar-refractivity contribution in [1.29, 1.82) is 0 Å². The van der Waals surface area contributed by atoms with Crippen LogP contribution in [0.15, 0.2) is 0 Å². The van der Waals surface area contributed by atoms with E-state index in [1.807, 2.05) is 0 Å². The minimum absolute atomic E-state index is 0.0258. The maximum atomic E-state index is 11.2. The number of methoxy groups -OCH3 is 2. The molecule has 0 aromatic rings. The van der Waals surface area contributed by atoms with Gasteiger partial charge in [-0.25, -0.2) is 0 Å². The van der Waals surface area contributed by atoms with E-state index in [9.17, 15) is 4.79 Å². The van der Waals surface area contributed by atoms with Gasteiger partial charge in [0.15, 0.2) is 6.29 Å². The fourth-order valence-electron chi connectivity index (χ4n) is 0.891. The molecule has 4 heteroatoms. The molecule has 0 heterocycles. The van der Waals surface area contributed by atoms with E-state index in [1.54, 1.807) is 0 Å². The predicted octanol–water partition coefficient (Wildman–Crippen LogP) is 0.912. The van der Waals surface area contributed by atoms with Crippen molar-refractivity contribution in [3.8, 4) is 0 Å². The molecule has 4 nitrogen and oxygen atoms in total. The maximum absolute atomic E-state index is 11.2. The molecule has 0 unspecified atom stereocenters. The van der Waals surface area contributed by atoms with Crippen LogP contribution in [-0.4, -0.2) is 33.0 Å². The number of hydrogen-bond acceptors (Lipinski definition) is 3. The van der Waals surface area contributed by atoms with Gasteiger partial charge in [0.05, 0.1) is 6.42 Å². The standard InChI is InChI=1S/C9H19NO3/c1-4-5-6-10-8(11)7-9(12-2)13-3/h9H,4-7H2,1-3H3,(H,10,11).